The number of rotatable bonds is 2. The van der Waals surface area contributed by atoms with Gasteiger partial charge in [0, 0.05) is 10.6 Å². The first-order valence-corrected chi connectivity index (χ1v) is 6.54. The Bertz CT molecular complexity index is 627. The number of hydrogen-bond acceptors (Lipinski definition) is 3. The molecule has 0 saturated carbocycles. The van der Waals surface area contributed by atoms with E-state index in [-0.39, 0.29) is 0 Å². The molecule has 0 spiro atoms. The summed E-state index contributed by atoms with van der Waals surface area (Å²) in [5.41, 5.74) is 3.82. The zero-order valence-corrected chi connectivity index (χ0v) is 11.5. The summed E-state index contributed by atoms with van der Waals surface area (Å²) in [6.45, 7) is 5.96. The molecule has 0 bridgehead atoms. The van der Waals surface area contributed by atoms with E-state index in [0.29, 0.717) is 5.56 Å². The first-order valence-electron chi connectivity index (χ1n) is 5.73. The van der Waals surface area contributed by atoms with Crippen LogP contribution >= 0.6 is 11.8 Å². The lowest BCUT2D eigenvalue weighted by molar-refractivity contribution is 1.03. The zero-order valence-electron chi connectivity index (χ0n) is 10.7. The highest BCUT2D eigenvalue weighted by Gasteiger charge is 2.10. The summed E-state index contributed by atoms with van der Waals surface area (Å²) in [6, 6.07) is 12.4. The van der Waals surface area contributed by atoms with Crippen LogP contribution in [0, 0.1) is 32.1 Å². The normalized spacial score (nSPS) is 10.1. The van der Waals surface area contributed by atoms with E-state index in [4.69, 9.17) is 0 Å². The fourth-order valence-corrected chi connectivity index (χ4v) is 2.92. The Hall–Kier alpha value is -1.79. The van der Waals surface area contributed by atoms with Gasteiger partial charge in [-0.3, -0.25) is 0 Å². The zero-order chi connectivity index (χ0) is 13.1. The van der Waals surface area contributed by atoms with Crippen LogP contribution in [0.2, 0.25) is 0 Å². The van der Waals surface area contributed by atoms with E-state index in [1.807, 2.05) is 32.0 Å². The van der Waals surface area contributed by atoms with Crippen LogP contribution in [0.1, 0.15) is 22.4 Å². The molecule has 2 nitrogen and oxygen atoms in total. The molecule has 0 radical (unpaired) electrons. The third kappa shape index (κ3) is 2.72. The van der Waals surface area contributed by atoms with E-state index in [1.54, 1.807) is 11.8 Å². The Labute approximate surface area is 112 Å². The third-order valence-corrected chi connectivity index (χ3v) is 3.61. The number of nitrogens with zero attached hydrogens (tertiary/aromatic N) is 2. The summed E-state index contributed by atoms with van der Waals surface area (Å²) >= 11 is 1.55. The molecule has 1 aromatic carbocycles. The number of pyridine rings is 1. The van der Waals surface area contributed by atoms with Gasteiger partial charge in [-0.25, -0.2) is 4.98 Å². The van der Waals surface area contributed by atoms with Crippen LogP contribution < -0.4 is 0 Å². The van der Waals surface area contributed by atoms with Crippen molar-refractivity contribution >= 4 is 11.8 Å². The first kappa shape index (κ1) is 12.7. The fraction of sp³-hybridized carbons (Fsp3) is 0.200. The van der Waals surface area contributed by atoms with Crippen molar-refractivity contribution in [1.82, 2.24) is 4.98 Å². The Morgan fingerprint density at radius 3 is 2.61 bits per heavy atom. The molecule has 2 aromatic rings. The molecule has 0 aliphatic rings. The van der Waals surface area contributed by atoms with Gasteiger partial charge in [-0.2, -0.15) is 5.26 Å². The number of aryl methyl sites for hydroxylation is 3. The Morgan fingerprint density at radius 2 is 1.94 bits per heavy atom. The Morgan fingerprint density at radius 1 is 1.17 bits per heavy atom. The summed E-state index contributed by atoms with van der Waals surface area (Å²) in [4.78, 5) is 5.59. The van der Waals surface area contributed by atoms with Gasteiger partial charge in [0.25, 0.3) is 0 Å². The summed E-state index contributed by atoms with van der Waals surface area (Å²) in [5, 5.41) is 10.0. The van der Waals surface area contributed by atoms with Crippen molar-refractivity contribution < 1.29 is 0 Å². The average molecular weight is 254 g/mol. The summed E-state index contributed by atoms with van der Waals surface area (Å²) in [7, 11) is 0. The topological polar surface area (TPSA) is 36.7 Å². The molecule has 0 unspecified atom stereocenters. The Balaban J connectivity index is 2.43. The van der Waals surface area contributed by atoms with E-state index < -0.39 is 0 Å². The van der Waals surface area contributed by atoms with E-state index >= 15 is 0 Å². The van der Waals surface area contributed by atoms with Gasteiger partial charge in [0.1, 0.15) is 11.1 Å². The lowest BCUT2D eigenvalue weighted by Gasteiger charge is -2.07. The molecule has 90 valence electrons. The van der Waals surface area contributed by atoms with Crippen LogP contribution in [-0.4, -0.2) is 4.98 Å². The van der Waals surface area contributed by atoms with Crippen molar-refractivity contribution in [2.75, 3.05) is 0 Å². The minimum absolute atomic E-state index is 0.673. The van der Waals surface area contributed by atoms with E-state index in [1.165, 1.54) is 5.56 Å². The predicted octanol–water partition coefficient (Wildman–Crippen LogP) is 4.03. The van der Waals surface area contributed by atoms with Crippen molar-refractivity contribution in [2.45, 2.75) is 30.7 Å². The molecule has 0 fully saturated rings. The van der Waals surface area contributed by atoms with Crippen LogP contribution in [0.3, 0.4) is 0 Å². The highest BCUT2D eigenvalue weighted by Crippen LogP contribution is 2.30. The van der Waals surface area contributed by atoms with Crippen LogP contribution in [0.25, 0.3) is 0 Å². The van der Waals surface area contributed by atoms with Gasteiger partial charge < -0.3 is 0 Å². The molecule has 0 aliphatic heterocycles. The molecule has 0 N–H and O–H groups in total. The highest BCUT2D eigenvalue weighted by atomic mass is 32.2. The molecule has 3 heteroatoms. The van der Waals surface area contributed by atoms with Gasteiger partial charge in [0.15, 0.2) is 0 Å². The first-order chi connectivity index (χ1) is 8.60. The molecule has 0 aliphatic carbocycles. The van der Waals surface area contributed by atoms with Crippen molar-refractivity contribution in [3.63, 3.8) is 0 Å². The molecular weight excluding hydrogens is 240 g/mol. The standard InChI is InChI=1S/C15H14N2S/c1-10-5-4-6-13(7-10)18-15-14(9-16)11(2)8-12(3)17-15/h4-8H,1-3H3. The monoisotopic (exact) mass is 254 g/mol. The van der Waals surface area contributed by atoms with E-state index in [0.717, 1.165) is 21.2 Å². The predicted molar refractivity (Wildman–Crippen MR) is 73.7 cm³/mol. The van der Waals surface area contributed by atoms with Crippen molar-refractivity contribution in [3.05, 3.63) is 52.7 Å². The molecule has 0 amide bonds. The fourth-order valence-electron chi connectivity index (χ4n) is 1.80. The summed E-state index contributed by atoms with van der Waals surface area (Å²) < 4.78 is 0. The van der Waals surface area contributed by atoms with Crippen LogP contribution in [0.4, 0.5) is 0 Å². The quantitative estimate of drug-likeness (QED) is 0.812. The van der Waals surface area contributed by atoms with Gasteiger partial charge >= 0.3 is 0 Å². The van der Waals surface area contributed by atoms with Crippen LogP contribution in [0.15, 0.2) is 40.3 Å². The second kappa shape index (κ2) is 5.24. The number of aromatic nitrogens is 1. The highest BCUT2D eigenvalue weighted by molar-refractivity contribution is 7.99. The van der Waals surface area contributed by atoms with Gasteiger partial charge in [-0.15, -0.1) is 0 Å². The minimum Gasteiger partial charge on any atom is -0.245 e. The SMILES string of the molecule is Cc1cccc(Sc2nc(C)cc(C)c2C#N)c1. The Kier molecular flexibility index (Phi) is 3.69. The van der Waals surface area contributed by atoms with Gasteiger partial charge in [-0.1, -0.05) is 29.5 Å². The molecule has 18 heavy (non-hydrogen) atoms. The van der Waals surface area contributed by atoms with E-state index in [9.17, 15) is 5.26 Å². The number of nitriles is 1. The second-order valence-electron chi connectivity index (χ2n) is 4.29. The smallest absolute Gasteiger partial charge is 0.119 e. The molecular formula is C15H14N2S. The van der Waals surface area contributed by atoms with Crippen LogP contribution in [0.5, 0.6) is 0 Å². The van der Waals surface area contributed by atoms with E-state index in [2.05, 4.69) is 30.1 Å². The largest absolute Gasteiger partial charge is 0.245 e. The number of benzene rings is 1. The maximum Gasteiger partial charge on any atom is 0.119 e. The lowest BCUT2D eigenvalue weighted by atomic mass is 10.1. The van der Waals surface area contributed by atoms with Gasteiger partial charge in [0.2, 0.25) is 0 Å². The minimum atomic E-state index is 0.673. The maximum atomic E-state index is 9.22. The molecule has 1 aromatic heterocycles. The molecule has 1 heterocycles. The maximum absolute atomic E-state index is 9.22. The number of hydrogen-bond donors (Lipinski definition) is 0. The third-order valence-electron chi connectivity index (χ3n) is 2.63. The summed E-state index contributed by atoms with van der Waals surface area (Å²) in [6.07, 6.45) is 0. The summed E-state index contributed by atoms with van der Waals surface area (Å²) in [5.74, 6) is 0. The molecule has 0 atom stereocenters. The van der Waals surface area contributed by atoms with Gasteiger partial charge in [0.05, 0.1) is 5.56 Å². The van der Waals surface area contributed by atoms with Crippen molar-refractivity contribution in [2.24, 2.45) is 0 Å². The average Bonchev–Trinajstić information content (AvgIpc) is 2.28. The lowest BCUT2D eigenvalue weighted by Crippen LogP contribution is -1.94. The van der Waals surface area contributed by atoms with Gasteiger partial charge in [-0.05, 0) is 44.5 Å². The van der Waals surface area contributed by atoms with Crippen molar-refractivity contribution in [1.29, 1.82) is 5.26 Å². The van der Waals surface area contributed by atoms with Crippen molar-refractivity contribution in [3.8, 4) is 6.07 Å². The molecule has 0 saturated heterocycles. The molecule has 2 rings (SSSR count). The second-order valence-corrected chi connectivity index (χ2v) is 5.35. The van der Waals surface area contributed by atoms with Crippen LogP contribution in [-0.2, 0) is 0 Å².